The highest BCUT2D eigenvalue weighted by Gasteiger charge is 2.26. The summed E-state index contributed by atoms with van der Waals surface area (Å²) in [4.78, 5) is 0. The Morgan fingerprint density at radius 1 is 1.17 bits per heavy atom. The predicted octanol–water partition coefficient (Wildman–Crippen LogP) is 1.36. The van der Waals surface area contributed by atoms with Crippen LogP contribution in [0.15, 0.2) is 18.2 Å². The maximum absolute atomic E-state index is 11.9. The fraction of sp³-hybridized carbons (Fsp3) is 0.625. The van der Waals surface area contributed by atoms with Gasteiger partial charge in [0.15, 0.2) is 11.5 Å². The summed E-state index contributed by atoms with van der Waals surface area (Å²) >= 11 is 0. The Labute approximate surface area is 137 Å². The zero-order chi connectivity index (χ0) is 16.3. The van der Waals surface area contributed by atoms with E-state index in [0.717, 1.165) is 36.4 Å². The van der Waals surface area contributed by atoms with Gasteiger partial charge in [-0.3, -0.25) is 0 Å². The molecule has 1 saturated heterocycles. The molecular formula is C16H24N2O4S. The lowest BCUT2D eigenvalue weighted by Crippen LogP contribution is -2.45. The Kier molecular flexibility index (Phi) is 5.08. The van der Waals surface area contributed by atoms with Gasteiger partial charge < -0.3 is 14.8 Å². The number of nitrogens with zero attached hydrogens (tertiary/aromatic N) is 1. The van der Waals surface area contributed by atoms with Crippen LogP contribution in [0.25, 0.3) is 0 Å². The number of nitrogens with one attached hydrogen (secondary N) is 1. The standard InChI is InChI=1S/C16H24N2O4S/c1-2-23(19,20)18-7-5-14(6-8-18)17-12-13-3-4-15-16(11-13)22-10-9-21-15/h3-4,11,14,17H,2,5-10,12H2,1H3. The highest BCUT2D eigenvalue weighted by Crippen LogP contribution is 2.30. The molecule has 0 radical (unpaired) electrons. The SMILES string of the molecule is CCS(=O)(=O)N1CCC(NCc2ccc3c(c2)OCCO3)CC1. The Morgan fingerprint density at radius 3 is 2.57 bits per heavy atom. The van der Waals surface area contributed by atoms with Crippen molar-refractivity contribution >= 4 is 10.0 Å². The predicted molar refractivity (Wildman–Crippen MR) is 88.3 cm³/mol. The summed E-state index contributed by atoms with van der Waals surface area (Å²) in [6.45, 7) is 4.85. The van der Waals surface area contributed by atoms with Crippen molar-refractivity contribution in [3.8, 4) is 11.5 Å². The normalized spacial score (nSPS) is 19.7. The Hall–Kier alpha value is -1.31. The van der Waals surface area contributed by atoms with E-state index in [2.05, 4.69) is 5.32 Å². The molecule has 0 amide bonds. The van der Waals surface area contributed by atoms with Crippen LogP contribution >= 0.6 is 0 Å². The second-order valence-corrected chi connectivity index (χ2v) is 8.19. The van der Waals surface area contributed by atoms with Crippen molar-refractivity contribution in [3.63, 3.8) is 0 Å². The fourth-order valence-electron chi connectivity index (χ4n) is 2.98. The van der Waals surface area contributed by atoms with E-state index in [4.69, 9.17) is 9.47 Å². The molecule has 0 spiro atoms. The van der Waals surface area contributed by atoms with Crippen LogP contribution in [0.3, 0.4) is 0 Å². The van der Waals surface area contributed by atoms with Crippen LogP contribution in [-0.4, -0.2) is 50.8 Å². The summed E-state index contributed by atoms with van der Waals surface area (Å²) < 4.78 is 36.4. The van der Waals surface area contributed by atoms with Gasteiger partial charge >= 0.3 is 0 Å². The Balaban J connectivity index is 1.50. The second-order valence-electron chi connectivity index (χ2n) is 5.93. The third-order valence-corrected chi connectivity index (χ3v) is 6.30. The van der Waals surface area contributed by atoms with Gasteiger partial charge in [-0.05, 0) is 37.5 Å². The van der Waals surface area contributed by atoms with Crippen LogP contribution in [0.1, 0.15) is 25.3 Å². The number of hydrogen-bond acceptors (Lipinski definition) is 5. The van der Waals surface area contributed by atoms with E-state index in [1.807, 2.05) is 18.2 Å². The number of fused-ring (bicyclic) bond motifs is 1. The largest absolute Gasteiger partial charge is 0.486 e. The Bertz CT molecular complexity index is 639. The molecule has 1 fully saturated rings. The molecule has 0 unspecified atom stereocenters. The van der Waals surface area contributed by atoms with Gasteiger partial charge in [-0.2, -0.15) is 0 Å². The first-order valence-electron chi connectivity index (χ1n) is 8.18. The molecule has 23 heavy (non-hydrogen) atoms. The summed E-state index contributed by atoms with van der Waals surface area (Å²) in [6, 6.07) is 6.35. The van der Waals surface area contributed by atoms with Gasteiger partial charge in [0.25, 0.3) is 0 Å². The summed E-state index contributed by atoms with van der Waals surface area (Å²) in [5.41, 5.74) is 1.15. The number of benzene rings is 1. The molecule has 2 heterocycles. The van der Waals surface area contributed by atoms with Gasteiger partial charge in [-0.1, -0.05) is 6.07 Å². The van der Waals surface area contributed by atoms with Crippen molar-refractivity contribution in [2.45, 2.75) is 32.4 Å². The molecule has 0 bridgehead atoms. The highest BCUT2D eigenvalue weighted by molar-refractivity contribution is 7.89. The van der Waals surface area contributed by atoms with E-state index in [-0.39, 0.29) is 5.75 Å². The lowest BCUT2D eigenvalue weighted by atomic mass is 10.1. The fourth-order valence-corrected chi connectivity index (χ4v) is 4.11. The van der Waals surface area contributed by atoms with Crippen LogP contribution in [0.2, 0.25) is 0 Å². The molecule has 0 saturated carbocycles. The van der Waals surface area contributed by atoms with E-state index in [1.54, 1.807) is 11.2 Å². The lowest BCUT2D eigenvalue weighted by Gasteiger charge is -2.31. The van der Waals surface area contributed by atoms with Crippen LogP contribution in [0.5, 0.6) is 11.5 Å². The van der Waals surface area contributed by atoms with Crippen LogP contribution in [0.4, 0.5) is 0 Å². The van der Waals surface area contributed by atoms with E-state index in [1.165, 1.54) is 0 Å². The molecule has 128 valence electrons. The summed E-state index contributed by atoms with van der Waals surface area (Å²) in [5.74, 6) is 1.79. The van der Waals surface area contributed by atoms with Gasteiger partial charge in [-0.25, -0.2) is 12.7 Å². The third-order valence-electron chi connectivity index (χ3n) is 4.41. The van der Waals surface area contributed by atoms with Gasteiger partial charge in [0.05, 0.1) is 5.75 Å². The van der Waals surface area contributed by atoms with Gasteiger partial charge in [0.1, 0.15) is 13.2 Å². The van der Waals surface area contributed by atoms with Crippen LogP contribution in [-0.2, 0) is 16.6 Å². The van der Waals surface area contributed by atoms with Crippen LogP contribution < -0.4 is 14.8 Å². The first-order chi connectivity index (χ1) is 11.1. The zero-order valence-electron chi connectivity index (χ0n) is 13.5. The first kappa shape index (κ1) is 16.5. The van der Waals surface area contributed by atoms with Gasteiger partial charge in [0.2, 0.25) is 10.0 Å². The average molecular weight is 340 g/mol. The quantitative estimate of drug-likeness (QED) is 0.877. The second kappa shape index (κ2) is 7.07. The molecule has 0 aliphatic carbocycles. The minimum Gasteiger partial charge on any atom is -0.486 e. The van der Waals surface area contributed by atoms with Crippen molar-refractivity contribution in [1.29, 1.82) is 0 Å². The van der Waals surface area contributed by atoms with E-state index >= 15 is 0 Å². The van der Waals surface area contributed by atoms with E-state index < -0.39 is 10.0 Å². The van der Waals surface area contributed by atoms with Crippen molar-refractivity contribution < 1.29 is 17.9 Å². The molecule has 3 rings (SSSR count). The molecular weight excluding hydrogens is 316 g/mol. The Morgan fingerprint density at radius 2 is 1.87 bits per heavy atom. The minimum atomic E-state index is -3.05. The van der Waals surface area contributed by atoms with Crippen molar-refractivity contribution in [2.24, 2.45) is 0 Å². The zero-order valence-corrected chi connectivity index (χ0v) is 14.3. The van der Waals surface area contributed by atoms with Crippen LogP contribution in [0, 0.1) is 0 Å². The molecule has 1 N–H and O–H groups in total. The highest BCUT2D eigenvalue weighted by atomic mass is 32.2. The monoisotopic (exact) mass is 340 g/mol. The lowest BCUT2D eigenvalue weighted by molar-refractivity contribution is 0.171. The molecule has 6 nitrogen and oxygen atoms in total. The molecule has 2 aliphatic heterocycles. The number of rotatable bonds is 5. The van der Waals surface area contributed by atoms with E-state index in [0.29, 0.717) is 32.3 Å². The summed E-state index contributed by atoms with van der Waals surface area (Å²) in [6.07, 6.45) is 1.70. The molecule has 1 aromatic carbocycles. The molecule has 0 aromatic heterocycles. The van der Waals surface area contributed by atoms with Gasteiger partial charge in [-0.15, -0.1) is 0 Å². The van der Waals surface area contributed by atoms with E-state index in [9.17, 15) is 8.42 Å². The summed E-state index contributed by atoms with van der Waals surface area (Å²) in [5, 5.41) is 3.52. The average Bonchev–Trinajstić information content (AvgIpc) is 2.60. The molecule has 1 aromatic rings. The first-order valence-corrected chi connectivity index (χ1v) is 9.79. The summed E-state index contributed by atoms with van der Waals surface area (Å²) in [7, 11) is -3.05. The minimum absolute atomic E-state index is 0.183. The molecule has 7 heteroatoms. The van der Waals surface area contributed by atoms with Crippen molar-refractivity contribution in [3.05, 3.63) is 23.8 Å². The molecule has 2 aliphatic rings. The topological polar surface area (TPSA) is 67.9 Å². The number of piperidine rings is 1. The number of sulfonamides is 1. The molecule has 0 atom stereocenters. The number of ether oxygens (including phenoxy) is 2. The maximum Gasteiger partial charge on any atom is 0.213 e. The van der Waals surface area contributed by atoms with Crippen molar-refractivity contribution in [1.82, 2.24) is 9.62 Å². The number of hydrogen-bond donors (Lipinski definition) is 1. The smallest absolute Gasteiger partial charge is 0.213 e. The maximum atomic E-state index is 11.9. The van der Waals surface area contributed by atoms with Crippen molar-refractivity contribution in [2.75, 3.05) is 32.1 Å². The van der Waals surface area contributed by atoms with Gasteiger partial charge in [0, 0.05) is 25.7 Å². The third kappa shape index (κ3) is 3.97.